The largest absolute Gasteiger partial charge is 0.306 e. The average molecular weight is 197 g/mol. The van der Waals surface area contributed by atoms with Crippen LogP contribution < -0.4 is 0 Å². The Morgan fingerprint density at radius 3 is 2.64 bits per heavy atom. The van der Waals surface area contributed by atoms with Crippen molar-refractivity contribution in [3.8, 4) is 0 Å². The summed E-state index contributed by atoms with van der Waals surface area (Å²) in [5, 5.41) is 0. The summed E-state index contributed by atoms with van der Waals surface area (Å²) in [6.07, 6.45) is 6.99. The van der Waals surface area contributed by atoms with Crippen molar-refractivity contribution in [3.05, 3.63) is 0 Å². The molecule has 0 aliphatic carbocycles. The lowest BCUT2D eigenvalue weighted by Crippen LogP contribution is -2.39. The first-order valence-corrected chi connectivity index (χ1v) is 6.25. The van der Waals surface area contributed by atoms with Crippen LogP contribution in [0.4, 0.5) is 0 Å². The van der Waals surface area contributed by atoms with Gasteiger partial charge in [0.05, 0.1) is 0 Å². The van der Waals surface area contributed by atoms with E-state index in [1.165, 1.54) is 45.2 Å². The lowest BCUT2D eigenvalue weighted by atomic mass is 9.72. The second-order valence-electron chi connectivity index (χ2n) is 5.69. The molecule has 0 saturated carbocycles. The van der Waals surface area contributed by atoms with Crippen LogP contribution in [0.1, 0.15) is 52.9 Å². The first-order chi connectivity index (χ1) is 6.56. The zero-order valence-electron chi connectivity index (χ0n) is 10.5. The second-order valence-corrected chi connectivity index (χ2v) is 5.69. The molecule has 0 N–H and O–H groups in total. The van der Waals surface area contributed by atoms with Crippen LogP contribution >= 0.6 is 0 Å². The maximum Gasteiger partial charge on any atom is 0.00117 e. The lowest BCUT2D eigenvalue weighted by molar-refractivity contribution is 0.0948. The van der Waals surface area contributed by atoms with Gasteiger partial charge in [-0.15, -0.1) is 0 Å². The number of nitrogens with zero attached hydrogens (tertiary/aromatic N) is 1. The van der Waals surface area contributed by atoms with Crippen molar-refractivity contribution in [1.29, 1.82) is 0 Å². The third kappa shape index (κ3) is 3.27. The molecule has 1 saturated heterocycles. The van der Waals surface area contributed by atoms with Crippen molar-refractivity contribution in [3.63, 3.8) is 0 Å². The van der Waals surface area contributed by atoms with Gasteiger partial charge in [-0.05, 0) is 44.2 Å². The highest BCUT2D eigenvalue weighted by Gasteiger charge is 2.31. The van der Waals surface area contributed by atoms with Crippen LogP contribution in [0.2, 0.25) is 0 Å². The molecule has 0 radical (unpaired) electrons. The highest BCUT2D eigenvalue weighted by atomic mass is 15.1. The molecule has 0 spiro atoms. The Hall–Kier alpha value is -0.0400. The van der Waals surface area contributed by atoms with Gasteiger partial charge in [0.1, 0.15) is 0 Å². The van der Waals surface area contributed by atoms with Gasteiger partial charge in [-0.2, -0.15) is 0 Å². The van der Waals surface area contributed by atoms with E-state index >= 15 is 0 Å². The minimum atomic E-state index is 0.560. The fourth-order valence-electron chi connectivity index (χ4n) is 2.64. The first-order valence-electron chi connectivity index (χ1n) is 6.25. The van der Waals surface area contributed by atoms with E-state index < -0.39 is 0 Å². The van der Waals surface area contributed by atoms with Gasteiger partial charge in [-0.25, -0.2) is 0 Å². The quantitative estimate of drug-likeness (QED) is 0.666. The van der Waals surface area contributed by atoms with Gasteiger partial charge in [0.2, 0.25) is 0 Å². The zero-order valence-corrected chi connectivity index (χ0v) is 10.5. The van der Waals surface area contributed by atoms with Crippen LogP contribution in [-0.4, -0.2) is 25.0 Å². The van der Waals surface area contributed by atoms with Gasteiger partial charge >= 0.3 is 0 Å². The smallest absolute Gasteiger partial charge is 0.00117 e. The van der Waals surface area contributed by atoms with E-state index in [2.05, 4.69) is 32.7 Å². The Morgan fingerprint density at radius 1 is 1.36 bits per heavy atom. The summed E-state index contributed by atoms with van der Waals surface area (Å²) in [4.78, 5) is 2.50. The highest BCUT2D eigenvalue weighted by Crippen LogP contribution is 2.37. The molecule has 0 aromatic rings. The Kier molecular flexibility index (Phi) is 4.43. The predicted molar refractivity (Wildman–Crippen MR) is 63.5 cm³/mol. The summed E-state index contributed by atoms with van der Waals surface area (Å²) in [6, 6.07) is 0. The molecule has 1 nitrogen and oxygen atoms in total. The molecule has 1 rings (SSSR count). The van der Waals surface area contributed by atoms with E-state index in [-0.39, 0.29) is 0 Å². The van der Waals surface area contributed by atoms with Crippen molar-refractivity contribution < 1.29 is 0 Å². The molecule has 1 atom stereocenters. The van der Waals surface area contributed by atoms with Gasteiger partial charge in [0, 0.05) is 6.54 Å². The van der Waals surface area contributed by atoms with Gasteiger partial charge in [0.25, 0.3) is 0 Å². The summed E-state index contributed by atoms with van der Waals surface area (Å²) in [5.41, 5.74) is 0.560. The first kappa shape index (κ1) is 12.0. The molecule has 1 heteroatoms. The van der Waals surface area contributed by atoms with Crippen molar-refractivity contribution >= 4 is 0 Å². The maximum absolute atomic E-state index is 2.50. The fraction of sp³-hybridized carbons (Fsp3) is 1.00. The Morgan fingerprint density at radius 2 is 2.07 bits per heavy atom. The monoisotopic (exact) mass is 197 g/mol. The van der Waals surface area contributed by atoms with Gasteiger partial charge in [-0.3, -0.25) is 0 Å². The summed E-state index contributed by atoms with van der Waals surface area (Å²) in [7, 11) is 2.27. The molecule has 1 heterocycles. The molecule has 1 fully saturated rings. The number of rotatable bonds is 4. The lowest BCUT2D eigenvalue weighted by Gasteiger charge is -2.40. The normalized spacial score (nSPS) is 25.3. The SMILES string of the molecule is CCCCC(C)(C)C1CCCN(C)C1. The fourth-order valence-corrected chi connectivity index (χ4v) is 2.64. The average Bonchev–Trinajstić information content (AvgIpc) is 2.15. The molecular formula is C13H27N. The summed E-state index contributed by atoms with van der Waals surface area (Å²) >= 11 is 0. The van der Waals surface area contributed by atoms with Crippen molar-refractivity contribution in [1.82, 2.24) is 4.90 Å². The molecule has 1 unspecified atom stereocenters. The van der Waals surface area contributed by atoms with Crippen molar-refractivity contribution in [2.45, 2.75) is 52.9 Å². The van der Waals surface area contributed by atoms with E-state index in [9.17, 15) is 0 Å². The number of hydrogen-bond donors (Lipinski definition) is 0. The molecule has 14 heavy (non-hydrogen) atoms. The van der Waals surface area contributed by atoms with E-state index in [0.29, 0.717) is 5.41 Å². The Bertz CT molecular complexity index is 163. The number of hydrogen-bond acceptors (Lipinski definition) is 1. The van der Waals surface area contributed by atoms with Crippen LogP contribution in [0.25, 0.3) is 0 Å². The number of likely N-dealkylation sites (tertiary alicyclic amines) is 1. The zero-order chi connectivity index (χ0) is 10.6. The van der Waals surface area contributed by atoms with Crippen LogP contribution in [0, 0.1) is 11.3 Å². The predicted octanol–water partition coefficient (Wildman–Crippen LogP) is 3.54. The third-order valence-corrected chi connectivity index (χ3v) is 3.90. The van der Waals surface area contributed by atoms with E-state index in [1.807, 2.05) is 0 Å². The minimum Gasteiger partial charge on any atom is -0.306 e. The molecule has 0 amide bonds. The molecular weight excluding hydrogens is 170 g/mol. The van der Waals surface area contributed by atoms with Gasteiger partial charge in [0.15, 0.2) is 0 Å². The minimum absolute atomic E-state index is 0.560. The van der Waals surface area contributed by atoms with Crippen LogP contribution in [0.3, 0.4) is 0 Å². The number of piperidine rings is 1. The highest BCUT2D eigenvalue weighted by molar-refractivity contribution is 4.83. The van der Waals surface area contributed by atoms with Crippen LogP contribution in [0.15, 0.2) is 0 Å². The van der Waals surface area contributed by atoms with Crippen LogP contribution in [0.5, 0.6) is 0 Å². The van der Waals surface area contributed by atoms with Crippen molar-refractivity contribution in [2.24, 2.45) is 11.3 Å². The van der Waals surface area contributed by atoms with Crippen molar-refractivity contribution in [2.75, 3.05) is 20.1 Å². The molecule has 1 aliphatic heterocycles. The molecule has 1 aliphatic rings. The standard InChI is InChI=1S/C13H27N/c1-5-6-9-13(2,3)12-8-7-10-14(4)11-12/h12H,5-11H2,1-4H3. The second kappa shape index (κ2) is 5.16. The summed E-state index contributed by atoms with van der Waals surface area (Å²) < 4.78 is 0. The molecule has 84 valence electrons. The number of unbranched alkanes of at least 4 members (excludes halogenated alkanes) is 1. The third-order valence-electron chi connectivity index (χ3n) is 3.90. The summed E-state index contributed by atoms with van der Waals surface area (Å²) in [6.45, 7) is 9.85. The molecule has 0 bridgehead atoms. The van der Waals surface area contributed by atoms with E-state index in [4.69, 9.17) is 0 Å². The van der Waals surface area contributed by atoms with E-state index in [1.54, 1.807) is 0 Å². The maximum atomic E-state index is 2.50. The van der Waals surface area contributed by atoms with Crippen LogP contribution in [-0.2, 0) is 0 Å². The Balaban J connectivity index is 2.43. The topological polar surface area (TPSA) is 3.24 Å². The van der Waals surface area contributed by atoms with Gasteiger partial charge < -0.3 is 4.90 Å². The Labute approximate surface area is 89.9 Å². The summed E-state index contributed by atoms with van der Waals surface area (Å²) in [5.74, 6) is 0.924. The molecule has 0 aromatic carbocycles. The van der Waals surface area contributed by atoms with E-state index in [0.717, 1.165) is 5.92 Å². The molecule has 0 aromatic heterocycles. The van der Waals surface area contributed by atoms with Gasteiger partial charge in [-0.1, -0.05) is 33.6 Å².